The molecule has 0 amide bonds. The van der Waals surface area contributed by atoms with E-state index in [0.29, 0.717) is 12.8 Å². The van der Waals surface area contributed by atoms with Gasteiger partial charge < -0.3 is 4.42 Å². The number of nitrogens with one attached hydrogen (secondary N) is 1. The van der Waals surface area contributed by atoms with Crippen LogP contribution in [0.3, 0.4) is 0 Å². The van der Waals surface area contributed by atoms with Crippen molar-refractivity contribution in [3.8, 4) is 0 Å². The Morgan fingerprint density at radius 2 is 1.81 bits per heavy atom. The lowest BCUT2D eigenvalue weighted by Crippen LogP contribution is -2.34. The van der Waals surface area contributed by atoms with Crippen molar-refractivity contribution < 1.29 is 21.3 Å². The third-order valence-electron chi connectivity index (χ3n) is 3.00. The Balaban J connectivity index is 3.12. The van der Waals surface area contributed by atoms with Gasteiger partial charge >= 0.3 is 5.22 Å². The minimum Gasteiger partial charge on any atom is -0.411 e. The van der Waals surface area contributed by atoms with Gasteiger partial charge in [0.15, 0.2) is 0 Å². The summed E-state index contributed by atoms with van der Waals surface area (Å²) in [5.41, 5.74) is 0. The molecule has 8 nitrogen and oxygen atoms in total. The van der Waals surface area contributed by atoms with E-state index in [0.717, 1.165) is 6.26 Å². The number of sulfonamides is 1. The van der Waals surface area contributed by atoms with Gasteiger partial charge in [0, 0.05) is 6.26 Å². The molecule has 0 spiro atoms. The van der Waals surface area contributed by atoms with Gasteiger partial charge in [0.2, 0.25) is 25.8 Å². The summed E-state index contributed by atoms with van der Waals surface area (Å²) in [6, 6.07) is -0.741. The fraction of sp³-hybridized carbons (Fsp3) is 0.818. The van der Waals surface area contributed by atoms with Gasteiger partial charge in [-0.15, -0.1) is 5.10 Å². The van der Waals surface area contributed by atoms with Crippen LogP contribution in [-0.2, 0) is 19.9 Å². The molecule has 0 aliphatic heterocycles. The fourth-order valence-corrected chi connectivity index (χ4v) is 3.46. The van der Waals surface area contributed by atoms with Crippen LogP contribution in [0, 0.1) is 5.92 Å². The normalized spacial score (nSPS) is 15.8. The van der Waals surface area contributed by atoms with Crippen LogP contribution in [-0.4, -0.2) is 39.0 Å². The highest BCUT2D eigenvalue weighted by atomic mass is 32.2. The smallest absolute Gasteiger partial charge is 0.335 e. The topological polar surface area (TPSA) is 119 Å². The van der Waals surface area contributed by atoms with Crippen LogP contribution in [0.1, 0.15) is 45.5 Å². The summed E-state index contributed by atoms with van der Waals surface area (Å²) >= 11 is 0. The molecule has 1 aromatic heterocycles. The van der Waals surface area contributed by atoms with Gasteiger partial charge in [-0.1, -0.05) is 32.3 Å². The minimum absolute atomic E-state index is 0.0208. The summed E-state index contributed by atoms with van der Waals surface area (Å²) < 4.78 is 54.2. The molecule has 0 aromatic carbocycles. The molecule has 0 fully saturated rings. The Hall–Kier alpha value is -1.00. The molecule has 0 aliphatic rings. The van der Waals surface area contributed by atoms with Crippen molar-refractivity contribution in [3.63, 3.8) is 0 Å². The summed E-state index contributed by atoms with van der Waals surface area (Å²) in [5.74, 6) is -0.179. The Kier molecular flexibility index (Phi) is 5.88. The van der Waals surface area contributed by atoms with E-state index in [2.05, 4.69) is 14.9 Å². The Bertz CT molecular complexity index is 666. The number of hydrogen-bond donors (Lipinski definition) is 1. The summed E-state index contributed by atoms with van der Waals surface area (Å²) in [4.78, 5) is 0. The largest absolute Gasteiger partial charge is 0.411 e. The van der Waals surface area contributed by atoms with Crippen LogP contribution < -0.4 is 4.72 Å². The highest BCUT2D eigenvalue weighted by Gasteiger charge is 2.29. The van der Waals surface area contributed by atoms with Crippen molar-refractivity contribution >= 4 is 19.9 Å². The summed E-state index contributed by atoms with van der Waals surface area (Å²) in [7, 11) is -7.11. The van der Waals surface area contributed by atoms with Crippen molar-refractivity contribution in [2.45, 2.75) is 44.9 Å². The maximum atomic E-state index is 11.9. The van der Waals surface area contributed by atoms with Crippen LogP contribution in [0.25, 0.3) is 0 Å². The molecule has 2 atom stereocenters. The zero-order valence-electron chi connectivity index (χ0n) is 12.5. The Morgan fingerprint density at radius 3 is 2.24 bits per heavy atom. The second kappa shape index (κ2) is 6.84. The molecule has 0 saturated carbocycles. The molecule has 10 heteroatoms. The molecule has 0 bridgehead atoms. The van der Waals surface area contributed by atoms with E-state index >= 15 is 0 Å². The molecule has 0 saturated heterocycles. The Labute approximate surface area is 125 Å². The fourth-order valence-electron chi connectivity index (χ4n) is 1.66. The van der Waals surface area contributed by atoms with E-state index in [1.54, 1.807) is 6.92 Å². The summed E-state index contributed by atoms with van der Waals surface area (Å²) in [5, 5.41) is 6.62. The molecule has 0 radical (unpaired) electrons. The maximum Gasteiger partial charge on any atom is 0.335 e. The van der Waals surface area contributed by atoms with Gasteiger partial charge in [-0.3, -0.25) is 0 Å². The van der Waals surface area contributed by atoms with E-state index in [1.165, 1.54) is 0 Å². The quantitative estimate of drug-likeness (QED) is 0.747. The highest BCUT2D eigenvalue weighted by Crippen LogP contribution is 2.25. The van der Waals surface area contributed by atoms with Crippen molar-refractivity contribution in [2.75, 3.05) is 12.0 Å². The average molecular weight is 339 g/mol. The molecule has 0 unspecified atom stereocenters. The van der Waals surface area contributed by atoms with Crippen LogP contribution in [0.2, 0.25) is 0 Å². The molecule has 122 valence electrons. The first-order chi connectivity index (χ1) is 9.60. The predicted octanol–water partition coefficient (Wildman–Crippen LogP) is 0.890. The first-order valence-electron chi connectivity index (χ1n) is 6.64. The zero-order valence-corrected chi connectivity index (χ0v) is 14.2. The van der Waals surface area contributed by atoms with Gasteiger partial charge in [-0.2, -0.15) is 0 Å². The number of sulfone groups is 1. The van der Waals surface area contributed by atoms with Crippen LogP contribution in [0.15, 0.2) is 9.64 Å². The maximum absolute atomic E-state index is 11.9. The van der Waals surface area contributed by atoms with Crippen molar-refractivity contribution in [3.05, 3.63) is 5.89 Å². The van der Waals surface area contributed by atoms with E-state index in [9.17, 15) is 16.8 Å². The van der Waals surface area contributed by atoms with Gasteiger partial charge in [-0.25, -0.2) is 21.6 Å². The van der Waals surface area contributed by atoms with Gasteiger partial charge in [-0.05, 0) is 12.3 Å². The molecule has 0 aliphatic carbocycles. The molecular formula is C11H21N3O5S2. The number of aromatic nitrogens is 2. The lowest BCUT2D eigenvalue weighted by Gasteiger charge is -2.20. The van der Waals surface area contributed by atoms with Gasteiger partial charge in [0.1, 0.15) is 6.04 Å². The molecular weight excluding hydrogens is 318 g/mol. The second-order valence-electron chi connectivity index (χ2n) is 4.98. The Morgan fingerprint density at radius 1 is 1.19 bits per heavy atom. The molecule has 1 heterocycles. The number of rotatable bonds is 8. The third kappa shape index (κ3) is 5.04. The van der Waals surface area contributed by atoms with E-state index in [1.807, 2.05) is 13.8 Å². The first-order valence-corrected chi connectivity index (χ1v) is 10.2. The lowest BCUT2D eigenvalue weighted by atomic mass is 10.0. The van der Waals surface area contributed by atoms with Crippen LogP contribution in [0.4, 0.5) is 0 Å². The van der Waals surface area contributed by atoms with Crippen LogP contribution in [0.5, 0.6) is 0 Å². The SMILES string of the molecule is CCCS(=O)(=O)N[C@H](c1nnc(S(C)(=O)=O)o1)[C@H](C)CC. The van der Waals surface area contributed by atoms with Crippen molar-refractivity contribution in [1.29, 1.82) is 0 Å². The third-order valence-corrected chi connectivity index (χ3v) is 5.36. The van der Waals surface area contributed by atoms with Crippen molar-refractivity contribution in [1.82, 2.24) is 14.9 Å². The molecule has 1 rings (SSSR count). The van der Waals surface area contributed by atoms with Gasteiger partial charge in [0.25, 0.3) is 0 Å². The van der Waals surface area contributed by atoms with Crippen molar-refractivity contribution in [2.24, 2.45) is 5.92 Å². The van der Waals surface area contributed by atoms with E-state index in [4.69, 9.17) is 4.42 Å². The predicted molar refractivity (Wildman–Crippen MR) is 76.8 cm³/mol. The lowest BCUT2D eigenvalue weighted by molar-refractivity contribution is 0.312. The molecule has 1 aromatic rings. The first kappa shape index (κ1) is 18.1. The zero-order chi connectivity index (χ0) is 16.3. The summed E-state index contributed by atoms with van der Waals surface area (Å²) in [6.45, 7) is 5.47. The van der Waals surface area contributed by atoms with E-state index < -0.39 is 31.1 Å². The second-order valence-corrected chi connectivity index (χ2v) is 8.75. The average Bonchev–Trinajstić information content (AvgIpc) is 2.84. The number of hydrogen-bond acceptors (Lipinski definition) is 7. The molecule has 1 N–H and O–H groups in total. The summed E-state index contributed by atoms with van der Waals surface area (Å²) in [6.07, 6.45) is 2.08. The monoisotopic (exact) mass is 339 g/mol. The molecule has 21 heavy (non-hydrogen) atoms. The van der Waals surface area contributed by atoms with Gasteiger partial charge in [0.05, 0.1) is 5.75 Å². The minimum atomic E-state index is -3.62. The highest BCUT2D eigenvalue weighted by molar-refractivity contribution is 7.90. The van der Waals surface area contributed by atoms with E-state index in [-0.39, 0.29) is 17.6 Å². The standard InChI is InChI=1S/C11H21N3O5S2/c1-5-7-21(17,18)14-9(8(3)6-2)10-12-13-11(19-10)20(4,15)16/h8-9,14H,5-7H2,1-4H3/t8-,9+/m1/s1. The van der Waals surface area contributed by atoms with Crippen LogP contribution >= 0.6 is 0 Å². The number of nitrogens with zero attached hydrogens (tertiary/aromatic N) is 2.